The van der Waals surface area contributed by atoms with E-state index < -0.39 is 28.9 Å². The van der Waals surface area contributed by atoms with Crippen LogP contribution in [0.3, 0.4) is 0 Å². The standard InChI is InChI=1S/C33H33F3N6O3S/c1-3-18-11-21-27(26(36)24(18)20-5-6-23(35)28-25(20)22(13-37)29(38)46-28)39-31(40-30(21)41-9-10-44-16-32(2,43)15-41)45-17-33-7-4-8-42(33)14-19(34)12-33/h3,5-6,11,19,43H,1,4,7-10,12,14-17,38H2,2H3/t19-,32?,33+/m1/s1. The molecule has 2 aromatic heterocycles. The zero-order chi connectivity index (χ0) is 32.4. The van der Waals surface area contributed by atoms with Crippen molar-refractivity contribution in [1.29, 1.82) is 5.26 Å². The van der Waals surface area contributed by atoms with E-state index in [2.05, 4.69) is 16.5 Å². The summed E-state index contributed by atoms with van der Waals surface area (Å²) in [6, 6.07) is 6.29. The molecule has 1 unspecified atom stereocenters. The number of anilines is 2. The number of nitrogen functional groups attached to an aromatic ring is 1. The predicted octanol–water partition coefficient (Wildman–Crippen LogP) is 5.43. The molecule has 3 N–H and O–H groups in total. The Hall–Kier alpha value is -3.96. The molecule has 240 valence electrons. The van der Waals surface area contributed by atoms with Gasteiger partial charge in [0.1, 0.15) is 46.6 Å². The molecule has 7 rings (SSSR count). The highest BCUT2D eigenvalue weighted by atomic mass is 32.1. The minimum absolute atomic E-state index is 0.0614. The Morgan fingerprint density at radius 1 is 1.33 bits per heavy atom. The Labute approximate surface area is 267 Å². The molecular weight excluding hydrogens is 617 g/mol. The second-order valence-electron chi connectivity index (χ2n) is 12.7. The molecule has 5 heterocycles. The number of rotatable bonds is 6. The van der Waals surface area contributed by atoms with Crippen molar-refractivity contribution in [3.63, 3.8) is 0 Å². The first-order valence-electron chi connectivity index (χ1n) is 15.2. The highest BCUT2D eigenvalue weighted by Gasteiger charge is 2.49. The van der Waals surface area contributed by atoms with Crippen LogP contribution in [0, 0.1) is 23.0 Å². The van der Waals surface area contributed by atoms with E-state index in [1.807, 2.05) is 11.0 Å². The Balaban J connectivity index is 1.43. The predicted molar refractivity (Wildman–Crippen MR) is 172 cm³/mol. The SMILES string of the molecule is C=Cc1cc2c(N3CCOCC(C)(O)C3)nc(OC[C@@]34CCCN3C[C@H](F)C4)nc2c(F)c1-c1ccc(F)c2sc(N)c(C#N)c12. The van der Waals surface area contributed by atoms with E-state index in [-0.39, 0.29) is 63.1 Å². The van der Waals surface area contributed by atoms with Crippen molar-refractivity contribution >= 4 is 49.2 Å². The summed E-state index contributed by atoms with van der Waals surface area (Å²) in [6.07, 6.45) is 2.56. The van der Waals surface area contributed by atoms with Crippen LogP contribution in [0.25, 0.3) is 38.2 Å². The van der Waals surface area contributed by atoms with Gasteiger partial charge in [-0.2, -0.15) is 15.2 Å². The molecule has 9 nitrogen and oxygen atoms in total. The molecule has 0 bridgehead atoms. The lowest BCUT2D eigenvalue weighted by Crippen LogP contribution is -2.44. The van der Waals surface area contributed by atoms with Gasteiger partial charge in [-0.1, -0.05) is 18.7 Å². The van der Waals surface area contributed by atoms with Crippen molar-refractivity contribution < 1.29 is 27.8 Å². The molecule has 13 heteroatoms. The molecule has 0 saturated carbocycles. The highest BCUT2D eigenvalue weighted by Crippen LogP contribution is 2.45. The largest absolute Gasteiger partial charge is 0.461 e. The van der Waals surface area contributed by atoms with Gasteiger partial charge < -0.3 is 25.2 Å². The molecule has 0 spiro atoms. The average molecular weight is 651 g/mol. The van der Waals surface area contributed by atoms with Gasteiger partial charge in [0.05, 0.1) is 35.6 Å². The quantitative estimate of drug-likeness (QED) is 0.282. The maximum absolute atomic E-state index is 17.1. The molecule has 0 amide bonds. The Morgan fingerprint density at radius 2 is 2.15 bits per heavy atom. The van der Waals surface area contributed by atoms with Crippen molar-refractivity contribution in [3.05, 3.63) is 47.5 Å². The molecule has 3 saturated heterocycles. The van der Waals surface area contributed by atoms with Crippen LogP contribution in [0.1, 0.15) is 37.3 Å². The zero-order valence-corrected chi connectivity index (χ0v) is 26.1. The minimum Gasteiger partial charge on any atom is -0.461 e. The molecular formula is C33H33F3N6O3S. The number of nitrogens with two attached hydrogens (primary N) is 1. The zero-order valence-electron chi connectivity index (χ0n) is 25.3. The lowest BCUT2D eigenvalue weighted by Gasteiger charge is -2.31. The molecule has 3 aliphatic rings. The van der Waals surface area contributed by atoms with Crippen molar-refractivity contribution in [2.24, 2.45) is 0 Å². The minimum atomic E-state index is -1.22. The first kappa shape index (κ1) is 30.7. The maximum Gasteiger partial charge on any atom is 0.319 e. The van der Waals surface area contributed by atoms with Crippen LogP contribution < -0.4 is 15.4 Å². The second kappa shape index (κ2) is 11.4. The van der Waals surface area contributed by atoms with Crippen LogP contribution in [0.2, 0.25) is 0 Å². The summed E-state index contributed by atoms with van der Waals surface area (Å²) >= 11 is 0.926. The number of ether oxygens (including phenoxy) is 2. The third-order valence-corrected chi connectivity index (χ3v) is 10.3. The third kappa shape index (κ3) is 5.04. The summed E-state index contributed by atoms with van der Waals surface area (Å²) in [7, 11) is 0. The summed E-state index contributed by atoms with van der Waals surface area (Å²) in [4.78, 5) is 13.2. The summed E-state index contributed by atoms with van der Waals surface area (Å²) < 4.78 is 58.5. The van der Waals surface area contributed by atoms with Crippen LogP contribution in [0.4, 0.5) is 24.0 Å². The molecule has 3 aliphatic heterocycles. The average Bonchev–Trinajstić information content (AvgIpc) is 3.62. The molecule has 0 aliphatic carbocycles. The van der Waals surface area contributed by atoms with Crippen LogP contribution in [0.15, 0.2) is 24.8 Å². The Morgan fingerprint density at radius 3 is 2.93 bits per heavy atom. The second-order valence-corrected chi connectivity index (χ2v) is 13.7. The summed E-state index contributed by atoms with van der Waals surface area (Å²) in [5.41, 5.74) is 5.07. The van der Waals surface area contributed by atoms with E-state index in [1.165, 1.54) is 18.2 Å². The summed E-state index contributed by atoms with van der Waals surface area (Å²) in [5.74, 6) is -0.987. The van der Waals surface area contributed by atoms with Gasteiger partial charge in [-0.05, 0) is 49.6 Å². The first-order valence-corrected chi connectivity index (χ1v) is 16.0. The third-order valence-electron chi connectivity index (χ3n) is 9.32. The van der Waals surface area contributed by atoms with Crippen molar-refractivity contribution in [2.75, 3.05) is 56.6 Å². The molecule has 0 radical (unpaired) electrons. The number of aromatic nitrogens is 2. The number of thiophene rings is 1. The topological polar surface area (TPSA) is 121 Å². The molecule has 4 aromatic rings. The van der Waals surface area contributed by atoms with Gasteiger partial charge in [0.15, 0.2) is 5.82 Å². The number of β-amino-alcohol motifs (C(OH)–C–C–N with tert-alkyl or cyclic N) is 1. The fourth-order valence-electron chi connectivity index (χ4n) is 7.29. The van der Waals surface area contributed by atoms with Crippen molar-refractivity contribution in [1.82, 2.24) is 14.9 Å². The number of alkyl halides is 1. The summed E-state index contributed by atoms with van der Waals surface area (Å²) in [6.45, 7) is 7.74. The van der Waals surface area contributed by atoms with Crippen LogP contribution in [-0.4, -0.2) is 83.3 Å². The smallest absolute Gasteiger partial charge is 0.319 e. The van der Waals surface area contributed by atoms with E-state index in [4.69, 9.17) is 20.2 Å². The van der Waals surface area contributed by atoms with Crippen LogP contribution in [0.5, 0.6) is 6.01 Å². The molecule has 3 atom stereocenters. The maximum atomic E-state index is 17.1. The number of benzene rings is 2. The van der Waals surface area contributed by atoms with Gasteiger partial charge in [0.25, 0.3) is 0 Å². The fourth-order valence-corrected chi connectivity index (χ4v) is 8.24. The van der Waals surface area contributed by atoms with Crippen molar-refractivity contribution in [3.8, 4) is 23.2 Å². The number of aliphatic hydroxyl groups is 1. The fraction of sp³-hybridized carbons (Fsp3) is 0.424. The number of halogens is 3. The van der Waals surface area contributed by atoms with Gasteiger partial charge in [-0.3, -0.25) is 4.90 Å². The van der Waals surface area contributed by atoms with E-state index in [1.54, 1.807) is 13.0 Å². The van der Waals surface area contributed by atoms with E-state index in [9.17, 15) is 19.1 Å². The van der Waals surface area contributed by atoms with E-state index in [0.717, 1.165) is 30.7 Å². The molecule has 46 heavy (non-hydrogen) atoms. The Bertz CT molecular complexity index is 1930. The normalized spacial score (nSPS) is 25.1. The number of hydrogen-bond donors (Lipinski definition) is 2. The summed E-state index contributed by atoms with van der Waals surface area (Å²) in [5, 5.41) is 21.6. The number of fused-ring (bicyclic) bond motifs is 3. The molecule has 2 aromatic carbocycles. The van der Waals surface area contributed by atoms with Gasteiger partial charge in [0, 0.05) is 35.8 Å². The first-order chi connectivity index (χ1) is 22.0. The number of hydrogen-bond acceptors (Lipinski definition) is 10. The highest BCUT2D eigenvalue weighted by molar-refractivity contribution is 7.23. The van der Waals surface area contributed by atoms with E-state index in [0.29, 0.717) is 42.9 Å². The van der Waals surface area contributed by atoms with Gasteiger partial charge in [-0.25, -0.2) is 13.2 Å². The number of nitrogens with zero attached hydrogens (tertiary/aromatic N) is 5. The van der Waals surface area contributed by atoms with Crippen LogP contribution >= 0.6 is 11.3 Å². The van der Waals surface area contributed by atoms with Gasteiger partial charge in [0.2, 0.25) is 0 Å². The number of nitriles is 1. The van der Waals surface area contributed by atoms with Gasteiger partial charge in [-0.15, -0.1) is 11.3 Å². The van der Waals surface area contributed by atoms with Crippen molar-refractivity contribution in [2.45, 2.75) is 43.5 Å². The monoisotopic (exact) mass is 650 g/mol. The molecule has 3 fully saturated rings. The Kier molecular flexibility index (Phi) is 7.59. The van der Waals surface area contributed by atoms with E-state index >= 15 is 4.39 Å². The van der Waals surface area contributed by atoms with Crippen LogP contribution in [-0.2, 0) is 4.74 Å². The lowest BCUT2D eigenvalue weighted by atomic mass is 9.92. The lowest BCUT2D eigenvalue weighted by molar-refractivity contribution is -0.0123. The van der Waals surface area contributed by atoms with Gasteiger partial charge >= 0.3 is 6.01 Å².